The monoisotopic (exact) mass is 530 g/mol. The molecule has 2 aliphatic heterocycles. The lowest BCUT2D eigenvalue weighted by molar-refractivity contribution is 0.385. The van der Waals surface area contributed by atoms with E-state index >= 15 is 0 Å². The van der Waals surface area contributed by atoms with Crippen LogP contribution in [0.2, 0.25) is 0 Å². The zero-order chi connectivity index (χ0) is 26.3. The molecule has 0 spiro atoms. The van der Waals surface area contributed by atoms with Gasteiger partial charge in [0.15, 0.2) is 0 Å². The molecule has 3 heteroatoms. The molecule has 40 heavy (non-hydrogen) atoms. The fraction of sp³-hybridized carbons (Fsp3) is 0.0270. The van der Waals surface area contributed by atoms with Crippen molar-refractivity contribution in [3.63, 3.8) is 0 Å². The number of thiophene rings is 1. The molecule has 0 saturated carbocycles. The van der Waals surface area contributed by atoms with E-state index in [9.17, 15) is 0 Å². The van der Waals surface area contributed by atoms with Gasteiger partial charge in [-0.25, -0.2) is 0 Å². The van der Waals surface area contributed by atoms with Crippen LogP contribution < -0.4 is 9.47 Å². The molecule has 7 aromatic rings. The van der Waals surface area contributed by atoms with Crippen LogP contribution in [0.5, 0.6) is 23.0 Å². The van der Waals surface area contributed by atoms with Crippen LogP contribution in [0.4, 0.5) is 0 Å². The van der Waals surface area contributed by atoms with Crippen LogP contribution in [0.1, 0.15) is 22.3 Å². The topological polar surface area (TPSA) is 18.5 Å². The minimum Gasteiger partial charge on any atom is -0.457 e. The van der Waals surface area contributed by atoms with Crippen molar-refractivity contribution in [2.24, 2.45) is 0 Å². The summed E-state index contributed by atoms with van der Waals surface area (Å²) in [4.78, 5) is 0. The van der Waals surface area contributed by atoms with Gasteiger partial charge in [0.2, 0.25) is 0 Å². The minimum absolute atomic E-state index is 0.554. The molecule has 6 aromatic carbocycles. The number of ether oxygens (including phenoxy) is 2. The lowest BCUT2D eigenvalue weighted by atomic mass is 9.62. The van der Waals surface area contributed by atoms with Crippen LogP contribution in [0.3, 0.4) is 0 Å². The van der Waals surface area contributed by atoms with E-state index < -0.39 is 5.41 Å². The third-order valence-corrected chi connectivity index (χ3v) is 9.56. The molecule has 2 nitrogen and oxygen atoms in total. The summed E-state index contributed by atoms with van der Waals surface area (Å²) in [6.45, 7) is 0. The second-order valence-electron chi connectivity index (χ2n) is 10.5. The molecule has 1 aromatic heterocycles. The van der Waals surface area contributed by atoms with Crippen molar-refractivity contribution in [2.75, 3.05) is 0 Å². The molecule has 0 aliphatic carbocycles. The van der Waals surface area contributed by atoms with E-state index in [1.54, 1.807) is 0 Å². The van der Waals surface area contributed by atoms with Crippen molar-refractivity contribution in [1.29, 1.82) is 0 Å². The summed E-state index contributed by atoms with van der Waals surface area (Å²) >= 11 is 1.85. The summed E-state index contributed by atoms with van der Waals surface area (Å²) in [6.07, 6.45) is 0. The van der Waals surface area contributed by atoms with E-state index in [0.29, 0.717) is 0 Å². The Hall–Kier alpha value is -4.86. The molecule has 0 bridgehead atoms. The second kappa shape index (κ2) is 8.08. The highest BCUT2D eigenvalue weighted by atomic mass is 32.1. The number of benzene rings is 6. The standard InChI is InChI=1S/C37H22O2S/c1-6-15-34-26(8-1)27-22-24(18-21-35(27)40-34)23-16-19-25(20-17-23)37-28-9-2-4-11-30(28)38-32-13-7-14-33(36(32)37)39-31-12-5-3-10-29(31)37/h1-22H. The maximum atomic E-state index is 6.47. The van der Waals surface area contributed by atoms with Gasteiger partial charge in [-0.2, -0.15) is 0 Å². The normalized spacial score (nSPS) is 14.1. The molecule has 9 rings (SSSR count). The summed E-state index contributed by atoms with van der Waals surface area (Å²) in [7, 11) is 0. The predicted octanol–water partition coefficient (Wildman–Crippen LogP) is 10.3. The van der Waals surface area contributed by atoms with Gasteiger partial charge in [0.1, 0.15) is 23.0 Å². The van der Waals surface area contributed by atoms with Crippen molar-refractivity contribution in [3.05, 3.63) is 156 Å². The molecule has 0 amide bonds. The highest BCUT2D eigenvalue weighted by Crippen LogP contribution is 2.62. The molecule has 0 saturated heterocycles. The molecule has 0 N–H and O–H groups in total. The van der Waals surface area contributed by atoms with Gasteiger partial charge in [-0.1, -0.05) is 91.0 Å². The van der Waals surface area contributed by atoms with E-state index in [-0.39, 0.29) is 0 Å². The number of hydrogen-bond acceptors (Lipinski definition) is 3. The van der Waals surface area contributed by atoms with E-state index in [1.807, 2.05) is 29.5 Å². The van der Waals surface area contributed by atoms with Crippen molar-refractivity contribution in [2.45, 2.75) is 5.41 Å². The van der Waals surface area contributed by atoms with Crippen molar-refractivity contribution in [1.82, 2.24) is 0 Å². The fourth-order valence-corrected chi connectivity index (χ4v) is 7.79. The van der Waals surface area contributed by atoms with Gasteiger partial charge in [-0.15, -0.1) is 11.3 Å². The molecule has 0 atom stereocenters. The summed E-state index contributed by atoms with van der Waals surface area (Å²) in [6, 6.07) is 47.5. The van der Waals surface area contributed by atoms with E-state index in [0.717, 1.165) is 39.7 Å². The molecule has 0 fully saturated rings. The van der Waals surface area contributed by atoms with Crippen LogP contribution in [0.25, 0.3) is 31.3 Å². The van der Waals surface area contributed by atoms with Crippen LogP contribution in [-0.2, 0) is 5.41 Å². The van der Waals surface area contributed by atoms with Gasteiger partial charge in [-0.05, 0) is 59.2 Å². The van der Waals surface area contributed by atoms with E-state index in [4.69, 9.17) is 9.47 Å². The average molecular weight is 531 g/mol. The number of hydrogen-bond donors (Lipinski definition) is 0. The van der Waals surface area contributed by atoms with Crippen LogP contribution >= 0.6 is 11.3 Å². The fourth-order valence-electron chi connectivity index (χ4n) is 6.71. The summed E-state index contributed by atoms with van der Waals surface area (Å²) < 4.78 is 15.6. The summed E-state index contributed by atoms with van der Waals surface area (Å²) in [5.74, 6) is 3.43. The molecular weight excluding hydrogens is 508 g/mol. The predicted molar refractivity (Wildman–Crippen MR) is 163 cm³/mol. The maximum Gasteiger partial charge on any atom is 0.135 e. The van der Waals surface area contributed by atoms with Crippen molar-refractivity contribution in [3.8, 4) is 34.1 Å². The number of para-hydroxylation sites is 2. The first kappa shape index (κ1) is 22.0. The molecule has 3 heterocycles. The average Bonchev–Trinajstić information content (AvgIpc) is 3.39. The van der Waals surface area contributed by atoms with Gasteiger partial charge in [0.25, 0.3) is 0 Å². The molecule has 0 unspecified atom stereocenters. The lowest BCUT2D eigenvalue weighted by Gasteiger charge is -2.45. The summed E-state index contributed by atoms with van der Waals surface area (Å²) in [5, 5.41) is 2.64. The Morgan fingerprint density at radius 1 is 0.450 bits per heavy atom. The lowest BCUT2D eigenvalue weighted by Crippen LogP contribution is -2.36. The van der Waals surface area contributed by atoms with E-state index in [2.05, 4.69) is 115 Å². The Balaban J connectivity index is 1.28. The molecule has 188 valence electrons. The van der Waals surface area contributed by atoms with Crippen LogP contribution in [0, 0.1) is 0 Å². The van der Waals surface area contributed by atoms with Gasteiger partial charge >= 0.3 is 0 Å². The summed E-state index contributed by atoms with van der Waals surface area (Å²) in [5.41, 5.74) is 6.38. The zero-order valence-electron chi connectivity index (χ0n) is 21.4. The number of rotatable bonds is 2. The Bertz CT molecular complexity index is 2050. The van der Waals surface area contributed by atoms with Crippen molar-refractivity contribution >= 4 is 31.5 Å². The first-order valence-electron chi connectivity index (χ1n) is 13.5. The van der Waals surface area contributed by atoms with Gasteiger partial charge in [-0.3, -0.25) is 0 Å². The largest absolute Gasteiger partial charge is 0.457 e. The van der Waals surface area contributed by atoms with Crippen LogP contribution in [0.15, 0.2) is 133 Å². The highest BCUT2D eigenvalue weighted by Gasteiger charge is 2.50. The van der Waals surface area contributed by atoms with Crippen LogP contribution in [-0.4, -0.2) is 0 Å². The SMILES string of the molecule is c1ccc2c(c1)Oc1cccc3c1C2(c1ccc(-c2ccc4sc5ccccc5c4c2)cc1)c1ccccc1O3. The quantitative estimate of drug-likeness (QED) is 0.221. The first-order chi connectivity index (χ1) is 19.8. The molecule has 0 radical (unpaired) electrons. The van der Waals surface area contributed by atoms with E-state index in [1.165, 1.54) is 36.9 Å². The van der Waals surface area contributed by atoms with Gasteiger partial charge < -0.3 is 9.47 Å². The third kappa shape index (κ3) is 2.87. The van der Waals surface area contributed by atoms with Gasteiger partial charge in [0.05, 0.1) is 11.0 Å². The second-order valence-corrected chi connectivity index (χ2v) is 11.5. The van der Waals surface area contributed by atoms with Crippen molar-refractivity contribution < 1.29 is 9.47 Å². The first-order valence-corrected chi connectivity index (χ1v) is 14.3. The Labute approximate surface area is 235 Å². The Morgan fingerprint density at radius 2 is 1.02 bits per heavy atom. The zero-order valence-corrected chi connectivity index (χ0v) is 22.2. The smallest absolute Gasteiger partial charge is 0.135 e. The highest BCUT2D eigenvalue weighted by molar-refractivity contribution is 7.25. The molecule has 2 aliphatic rings. The maximum absolute atomic E-state index is 6.47. The minimum atomic E-state index is -0.554. The molecular formula is C37H22O2S. The number of fused-ring (bicyclic) bond motifs is 7. The Kier molecular flexibility index (Phi) is 4.44. The van der Waals surface area contributed by atoms with Gasteiger partial charge in [0, 0.05) is 31.3 Å². The Morgan fingerprint density at radius 3 is 1.75 bits per heavy atom. The third-order valence-electron chi connectivity index (χ3n) is 8.41.